The largest absolute Gasteiger partial charge is 0.352 e. The Kier molecular flexibility index (Phi) is 6.39. The third-order valence-electron chi connectivity index (χ3n) is 4.21. The molecule has 138 valence electrons. The van der Waals surface area contributed by atoms with Gasteiger partial charge in [-0.2, -0.15) is 0 Å². The molecule has 1 aromatic heterocycles. The monoisotopic (exact) mass is 381 g/mol. The van der Waals surface area contributed by atoms with E-state index in [0.717, 1.165) is 19.4 Å². The molecule has 0 radical (unpaired) electrons. The van der Waals surface area contributed by atoms with Gasteiger partial charge in [0.05, 0.1) is 11.9 Å². The van der Waals surface area contributed by atoms with Gasteiger partial charge in [-0.05, 0) is 43.2 Å². The predicted molar refractivity (Wildman–Crippen MR) is 105 cm³/mol. The van der Waals surface area contributed by atoms with Crippen molar-refractivity contribution in [3.8, 4) is 0 Å². The number of benzene rings is 2. The fraction of sp³-hybridized carbons (Fsp3) is 0.190. The van der Waals surface area contributed by atoms with Crippen LogP contribution in [0.5, 0.6) is 0 Å². The molecule has 1 amide bonds. The molecule has 2 aromatic carbocycles. The highest BCUT2D eigenvalue weighted by atomic mass is 35.5. The minimum absolute atomic E-state index is 0.197. The van der Waals surface area contributed by atoms with Crippen LogP contribution in [0.1, 0.15) is 39.1 Å². The number of carbonyl (C=O) groups excluding carboxylic acids is 2. The molecule has 0 fully saturated rings. The number of aryl methyl sites for hydroxylation is 1. The fourth-order valence-electron chi connectivity index (χ4n) is 2.77. The summed E-state index contributed by atoms with van der Waals surface area (Å²) < 4.78 is 2.00. The summed E-state index contributed by atoms with van der Waals surface area (Å²) in [5, 5.41) is 3.46. The number of rotatable bonds is 8. The van der Waals surface area contributed by atoms with Gasteiger partial charge in [0.1, 0.15) is 0 Å². The second-order valence-corrected chi connectivity index (χ2v) is 6.58. The van der Waals surface area contributed by atoms with E-state index in [9.17, 15) is 9.59 Å². The zero-order valence-corrected chi connectivity index (χ0v) is 15.5. The first-order chi connectivity index (χ1) is 13.1. The zero-order valence-electron chi connectivity index (χ0n) is 14.8. The maximum absolute atomic E-state index is 12.8. The normalized spacial score (nSPS) is 10.6. The van der Waals surface area contributed by atoms with Crippen LogP contribution in [0.25, 0.3) is 0 Å². The lowest BCUT2D eigenvalue weighted by Crippen LogP contribution is -2.26. The number of nitrogens with one attached hydrogen (secondary N) is 1. The molecule has 3 aromatic rings. The Morgan fingerprint density at radius 2 is 1.74 bits per heavy atom. The molecule has 0 unspecified atom stereocenters. The molecule has 0 bridgehead atoms. The summed E-state index contributed by atoms with van der Waals surface area (Å²) in [5.74, 6) is -0.437. The highest BCUT2D eigenvalue weighted by Crippen LogP contribution is 2.17. The van der Waals surface area contributed by atoms with Gasteiger partial charge in [0.15, 0.2) is 5.78 Å². The van der Waals surface area contributed by atoms with Gasteiger partial charge in [-0.3, -0.25) is 9.59 Å². The van der Waals surface area contributed by atoms with E-state index in [1.807, 2.05) is 10.8 Å². The quantitative estimate of drug-likeness (QED) is 0.474. The Labute approximate surface area is 163 Å². The number of aromatic nitrogens is 2. The lowest BCUT2D eigenvalue weighted by molar-refractivity contribution is 0.0941. The minimum atomic E-state index is -0.240. The van der Waals surface area contributed by atoms with Crippen molar-refractivity contribution in [1.82, 2.24) is 14.9 Å². The standard InChI is InChI=1S/C21H20ClN3O2/c22-17-9-7-16(8-10-17)20(26)18-5-1-2-6-19(18)21(27)24-11-3-4-13-25-14-12-23-15-25/h1-2,5-10,12,14-15H,3-4,11,13H2,(H,24,27). The van der Waals surface area contributed by atoms with E-state index in [-0.39, 0.29) is 11.7 Å². The van der Waals surface area contributed by atoms with Crippen LogP contribution in [0, 0.1) is 0 Å². The molecular formula is C21H20ClN3O2. The van der Waals surface area contributed by atoms with Gasteiger partial charge in [0, 0.05) is 41.6 Å². The number of imidazole rings is 1. The third-order valence-corrected chi connectivity index (χ3v) is 4.46. The molecule has 1 N–H and O–H groups in total. The molecule has 0 atom stereocenters. The topological polar surface area (TPSA) is 64.0 Å². The van der Waals surface area contributed by atoms with E-state index in [0.29, 0.717) is 28.3 Å². The molecule has 0 aliphatic rings. The SMILES string of the molecule is O=C(NCCCCn1ccnc1)c1ccccc1C(=O)c1ccc(Cl)cc1. The van der Waals surface area contributed by atoms with E-state index in [4.69, 9.17) is 11.6 Å². The van der Waals surface area contributed by atoms with Gasteiger partial charge >= 0.3 is 0 Å². The Hall–Kier alpha value is -2.92. The minimum Gasteiger partial charge on any atom is -0.352 e. The van der Waals surface area contributed by atoms with Crippen molar-refractivity contribution in [2.45, 2.75) is 19.4 Å². The Bertz CT molecular complexity index is 905. The molecule has 0 spiro atoms. The van der Waals surface area contributed by atoms with Crippen LogP contribution in [-0.4, -0.2) is 27.8 Å². The summed E-state index contributed by atoms with van der Waals surface area (Å²) in [4.78, 5) is 29.3. The molecule has 6 heteroatoms. The van der Waals surface area contributed by atoms with E-state index in [1.165, 1.54) is 0 Å². The van der Waals surface area contributed by atoms with Crippen molar-refractivity contribution in [2.75, 3.05) is 6.54 Å². The number of hydrogen-bond donors (Lipinski definition) is 1. The Morgan fingerprint density at radius 3 is 2.44 bits per heavy atom. The van der Waals surface area contributed by atoms with Crippen LogP contribution < -0.4 is 5.32 Å². The van der Waals surface area contributed by atoms with E-state index in [2.05, 4.69) is 10.3 Å². The Morgan fingerprint density at radius 1 is 1.00 bits per heavy atom. The summed E-state index contributed by atoms with van der Waals surface area (Å²) in [6.07, 6.45) is 7.21. The Balaban J connectivity index is 1.60. The number of hydrogen-bond acceptors (Lipinski definition) is 3. The van der Waals surface area contributed by atoms with Crippen molar-refractivity contribution in [3.05, 3.63) is 89.0 Å². The van der Waals surface area contributed by atoms with Crippen molar-refractivity contribution in [3.63, 3.8) is 0 Å². The van der Waals surface area contributed by atoms with Gasteiger partial charge in [0.2, 0.25) is 0 Å². The summed E-state index contributed by atoms with van der Waals surface area (Å²) in [7, 11) is 0. The van der Waals surface area contributed by atoms with Gasteiger partial charge in [-0.25, -0.2) is 4.98 Å². The van der Waals surface area contributed by atoms with E-state index < -0.39 is 0 Å². The van der Waals surface area contributed by atoms with Gasteiger partial charge in [0.25, 0.3) is 5.91 Å². The summed E-state index contributed by atoms with van der Waals surface area (Å²) >= 11 is 5.88. The maximum Gasteiger partial charge on any atom is 0.252 e. The molecule has 0 saturated carbocycles. The summed E-state index contributed by atoms with van der Waals surface area (Å²) in [6, 6.07) is 13.5. The second kappa shape index (κ2) is 9.14. The van der Waals surface area contributed by atoms with Crippen molar-refractivity contribution in [2.24, 2.45) is 0 Å². The highest BCUT2D eigenvalue weighted by Gasteiger charge is 2.17. The number of unbranched alkanes of at least 4 members (excludes halogenated alkanes) is 1. The van der Waals surface area contributed by atoms with Crippen LogP contribution in [0.15, 0.2) is 67.3 Å². The smallest absolute Gasteiger partial charge is 0.252 e. The first-order valence-corrected chi connectivity index (χ1v) is 9.16. The summed E-state index contributed by atoms with van der Waals surface area (Å²) in [6.45, 7) is 1.42. The molecule has 27 heavy (non-hydrogen) atoms. The molecule has 3 rings (SSSR count). The average molecular weight is 382 g/mol. The first-order valence-electron chi connectivity index (χ1n) is 8.78. The van der Waals surface area contributed by atoms with Crippen LogP contribution in [-0.2, 0) is 6.54 Å². The first kappa shape index (κ1) is 18.9. The number of amides is 1. The number of nitrogens with zero attached hydrogens (tertiary/aromatic N) is 2. The molecule has 0 aliphatic carbocycles. The fourth-order valence-corrected chi connectivity index (χ4v) is 2.90. The van der Waals surface area contributed by atoms with E-state index in [1.54, 1.807) is 61.1 Å². The average Bonchev–Trinajstić information content (AvgIpc) is 3.21. The van der Waals surface area contributed by atoms with Gasteiger partial charge in [-0.15, -0.1) is 0 Å². The zero-order chi connectivity index (χ0) is 19.1. The molecule has 5 nitrogen and oxygen atoms in total. The molecule has 0 saturated heterocycles. The highest BCUT2D eigenvalue weighted by molar-refractivity contribution is 6.30. The van der Waals surface area contributed by atoms with Crippen LogP contribution in [0.3, 0.4) is 0 Å². The maximum atomic E-state index is 12.8. The predicted octanol–water partition coefficient (Wildman–Crippen LogP) is 3.98. The second-order valence-electron chi connectivity index (χ2n) is 6.15. The molecule has 1 heterocycles. The lowest BCUT2D eigenvalue weighted by atomic mass is 9.98. The number of carbonyl (C=O) groups is 2. The van der Waals surface area contributed by atoms with Crippen LogP contribution in [0.2, 0.25) is 5.02 Å². The van der Waals surface area contributed by atoms with Crippen molar-refractivity contribution < 1.29 is 9.59 Å². The van der Waals surface area contributed by atoms with Crippen LogP contribution in [0.4, 0.5) is 0 Å². The molecule has 0 aliphatic heterocycles. The van der Waals surface area contributed by atoms with Gasteiger partial charge < -0.3 is 9.88 Å². The van der Waals surface area contributed by atoms with Gasteiger partial charge in [-0.1, -0.05) is 29.8 Å². The number of ketones is 1. The summed E-state index contributed by atoms with van der Waals surface area (Å²) in [5.41, 5.74) is 1.27. The van der Waals surface area contributed by atoms with E-state index >= 15 is 0 Å². The van der Waals surface area contributed by atoms with Crippen molar-refractivity contribution >= 4 is 23.3 Å². The van der Waals surface area contributed by atoms with Crippen molar-refractivity contribution in [1.29, 1.82) is 0 Å². The third kappa shape index (κ3) is 5.05. The van der Waals surface area contributed by atoms with Crippen LogP contribution >= 0.6 is 11.6 Å². The molecular weight excluding hydrogens is 362 g/mol. The number of halogens is 1. The lowest BCUT2D eigenvalue weighted by Gasteiger charge is -2.10.